The zero-order chi connectivity index (χ0) is 17.2. The maximum absolute atomic E-state index is 12.2. The van der Waals surface area contributed by atoms with E-state index in [-0.39, 0.29) is 12.3 Å². The third-order valence-electron chi connectivity index (χ3n) is 3.84. The summed E-state index contributed by atoms with van der Waals surface area (Å²) in [6, 6.07) is 3.57. The molecule has 0 spiro atoms. The lowest BCUT2D eigenvalue weighted by Crippen LogP contribution is -2.24. The molecule has 0 saturated carbocycles. The number of fused-ring (bicyclic) bond motifs is 2. The predicted molar refractivity (Wildman–Crippen MR) is 95.7 cm³/mol. The first-order valence-electron chi connectivity index (χ1n) is 7.95. The molecule has 1 amide bonds. The summed E-state index contributed by atoms with van der Waals surface area (Å²) in [4.78, 5) is 17.6. The summed E-state index contributed by atoms with van der Waals surface area (Å²) in [5.41, 5.74) is 1.62. The molecule has 4 rings (SSSR count). The number of aromatic nitrogens is 2. The van der Waals surface area contributed by atoms with Gasteiger partial charge in [-0.1, -0.05) is 11.6 Å². The molecule has 1 aliphatic heterocycles. The van der Waals surface area contributed by atoms with Crippen molar-refractivity contribution >= 4 is 33.8 Å². The molecule has 0 fully saturated rings. The first kappa shape index (κ1) is 16.2. The Labute approximate surface area is 153 Å². The van der Waals surface area contributed by atoms with E-state index >= 15 is 0 Å². The average Bonchev–Trinajstić information content (AvgIpc) is 3.07. The molecule has 3 aromatic rings. The quantitative estimate of drug-likeness (QED) is 0.758. The van der Waals surface area contributed by atoms with Crippen molar-refractivity contribution in [2.24, 2.45) is 0 Å². The van der Waals surface area contributed by atoms with E-state index in [0.29, 0.717) is 36.3 Å². The molecule has 3 heterocycles. The highest BCUT2D eigenvalue weighted by atomic mass is 35.5. The smallest absolute Gasteiger partial charge is 0.224 e. The molecule has 0 bridgehead atoms. The number of thiazole rings is 1. The van der Waals surface area contributed by atoms with Crippen molar-refractivity contribution in [3.8, 4) is 11.5 Å². The van der Waals surface area contributed by atoms with Crippen molar-refractivity contribution in [2.75, 3.05) is 13.2 Å². The average molecular weight is 378 g/mol. The number of ether oxygens (including phenoxy) is 2. The third-order valence-corrected chi connectivity index (χ3v) is 4.89. The van der Waals surface area contributed by atoms with Crippen LogP contribution in [0, 0.1) is 0 Å². The van der Waals surface area contributed by atoms with Crippen LogP contribution in [-0.4, -0.2) is 28.5 Å². The number of amides is 1. The van der Waals surface area contributed by atoms with Crippen LogP contribution in [0.25, 0.3) is 4.96 Å². The van der Waals surface area contributed by atoms with Gasteiger partial charge in [0.25, 0.3) is 0 Å². The van der Waals surface area contributed by atoms with Crippen molar-refractivity contribution in [3.05, 3.63) is 46.2 Å². The van der Waals surface area contributed by atoms with Crippen LogP contribution >= 0.6 is 22.9 Å². The molecule has 0 unspecified atom stereocenters. The highest BCUT2D eigenvalue weighted by Gasteiger charge is 2.17. The van der Waals surface area contributed by atoms with Crippen molar-refractivity contribution in [1.82, 2.24) is 14.7 Å². The minimum absolute atomic E-state index is 0.0955. The number of nitrogens with one attached hydrogen (secondary N) is 1. The van der Waals surface area contributed by atoms with Gasteiger partial charge in [-0.3, -0.25) is 9.20 Å². The number of halogens is 1. The molecule has 1 aliphatic rings. The summed E-state index contributed by atoms with van der Waals surface area (Å²) in [5, 5.41) is 5.32. The number of hydrogen-bond donors (Lipinski definition) is 1. The lowest BCUT2D eigenvalue weighted by atomic mass is 10.1. The van der Waals surface area contributed by atoms with Crippen molar-refractivity contribution < 1.29 is 14.3 Å². The van der Waals surface area contributed by atoms with Gasteiger partial charge >= 0.3 is 0 Å². The summed E-state index contributed by atoms with van der Waals surface area (Å²) in [7, 11) is 0. The van der Waals surface area contributed by atoms with Crippen LogP contribution in [0.4, 0.5) is 0 Å². The first-order valence-corrected chi connectivity index (χ1v) is 9.20. The third kappa shape index (κ3) is 3.57. The number of nitrogens with zero attached hydrogens (tertiary/aromatic N) is 2. The van der Waals surface area contributed by atoms with Crippen LogP contribution < -0.4 is 14.8 Å². The van der Waals surface area contributed by atoms with Gasteiger partial charge < -0.3 is 14.8 Å². The fourth-order valence-corrected chi connectivity index (χ4v) is 3.69. The number of hydrogen-bond acceptors (Lipinski definition) is 5. The van der Waals surface area contributed by atoms with Gasteiger partial charge in [0.05, 0.1) is 36.9 Å². The second-order valence-electron chi connectivity index (χ2n) is 5.73. The molecule has 130 valence electrons. The largest absolute Gasteiger partial charge is 0.489 e. The Balaban J connectivity index is 1.41. The summed E-state index contributed by atoms with van der Waals surface area (Å²) in [6.07, 6.45) is 4.89. The second kappa shape index (κ2) is 6.93. The van der Waals surface area contributed by atoms with Crippen molar-refractivity contribution in [1.29, 1.82) is 0 Å². The number of imidazole rings is 1. The lowest BCUT2D eigenvalue weighted by molar-refractivity contribution is -0.120. The highest BCUT2D eigenvalue weighted by Crippen LogP contribution is 2.38. The fourth-order valence-electron chi connectivity index (χ4n) is 2.68. The van der Waals surface area contributed by atoms with Gasteiger partial charge in [0.15, 0.2) is 16.5 Å². The van der Waals surface area contributed by atoms with Gasteiger partial charge in [-0.2, -0.15) is 0 Å². The van der Waals surface area contributed by atoms with Crippen LogP contribution in [0.5, 0.6) is 11.5 Å². The standard InChI is InChI=1S/C17H16ClN3O3S/c18-13-6-11(7-14-16(13)24-4-1-3-23-14)8-15(22)19-9-12-10-21-2-5-25-17(21)20-12/h2,5-7,10H,1,3-4,8-9H2,(H,19,22). The van der Waals surface area contributed by atoms with Crippen LogP contribution in [0.2, 0.25) is 5.02 Å². The van der Waals surface area contributed by atoms with Gasteiger partial charge in [0.2, 0.25) is 5.91 Å². The van der Waals surface area contributed by atoms with Gasteiger partial charge in [0, 0.05) is 24.2 Å². The second-order valence-corrected chi connectivity index (χ2v) is 7.01. The van der Waals surface area contributed by atoms with Crippen LogP contribution in [-0.2, 0) is 17.8 Å². The van der Waals surface area contributed by atoms with Gasteiger partial charge in [-0.15, -0.1) is 11.3 Å². The van der Waals surface area contributed by atoms with Crippen LogP contribution in [0.15, 0.2) is 29.9 Å². The van der Waals surface area contributed by atoms with Crippen LogP contribution in [0.1, 0.15) is 17.7 Å². The number of carbonyl (C=O) groups is 1. The molecular formula is C17H16ClN3O3S. The molecule has 25 heavy (non-hydrogen) atoms. The highest BCUT2D eigenvalue weighted by molar-refractivity contribution is 7.15. The minimum Gasteiger partial charge on any atom is -0.489 e. The van der Waals surface area contributed by atoms with Gasteiger partial charge in [-0.25, -0.2) is 4.98 Å². The lowest BCUT2D eigenvalue weighted by Gasteiger charge is -2.11. The molecule has 1 aromatic carbocycles. The molecule has 1 N–H and O–H groups in total. The van der Waals surface area contributed by atoms with Crippen molar-refractivity contribution in [2.45, 2.75) is 19.4 Å². The Morgan fingerprint density at radius 1 is 1.36 bits per heavy atom. The van der Waals surface area contributed by atoms with Gasteiger partial charge in [0.1, 0.15) is 0 Å². The predicted octanol–water partition coefficient (Wildman–Crippen LogP) is 3.07. The summed E-state index contributed by atoms with van der Waals surface area (Å²) < 4.78 is 13.2. The monoisotopic (exact) mass is 377 g/mol. The van der Waals surface area contributed by atoms with E-state index in [4.69, 9.17) is 21.1 Å². The Hall–Kier alpha value is -2.25. The van der Waals surface area contributed by atoms with E-state index in [1.165, 1.54) is 0 Å². The van der Waals surface area contributed by atoms with E-state index in [2.05, 4.69) is 10.3 Å². The van der Waals surface area contributed by atoms with Crippen LogP contribution in [0.3, 0.4) is 0 Å². The number of benzene rings is 1. The van der Waals surface area contributed by atoms with E-state index < -0.39 is 0 Å². The molecule has 0 aliphatic carbocycles. The van der Waals surface area contributed by atoms with Crippen molar-refractivity contribution in [3.63, 3.8) is 0 Å². The Kier molecular flexibility index (Phi) is 4.50. The summed E-state index contributed by atoms with van der Waals surface area (Å²) >= 11 is 7.82. The fraction of sp³-hybridized carbons (Fsp3) is 0.294. The molecule has 6 nitrogen and oxygen atoms in total. The maximum Gasteiger partial charge on any atom is 0.224 e. The van der Waals surface area contributed by atoms with Gasteiger partial charge in [-0.05, 0) is 17.7 Å². The zero-order valence-electron chi connectivity index (χ0n) is 13.3. The Morgan fingerprint density at radius 2 is 2.24 bits per heavy atom. The molecule has 0 saturated heterocycles. The summed E-state index contributed by atoms with van der Waals surface area (Å²) in [6.45, 7) is 1.55. The molecule has 0 radical (unpaired) electrons. The maximum atomic E-state index is 12.2. The van der Waals surface area contributed by atoms with E-state index in [1.807, 2.05) is 28.2 Å². The molecule has 2 aromatic heterocycles. The normalized spacial score (nSPS) is 13.6. The van der Waals surface area contributed by atoms with E-state index in [9.17, 15) is 4.79 Å². The summed E-state index contributed by atoms with van der Waals surface area (Å²) in [5.74, 6) is 1.06. The van der Waals surface area contributed by atoms with E-state index in [1.54, 1.807) is 17.4 Å². The number of carbonyl (C=O) groups excluding carboxylic acids is 1. The number of rotatable bonds is 4. The molecular weight excluding hydrogens is 362 g/mol. The first-order chi connectivity index (χ1) is 12.2. The zero-order valence-corrected chi connectivity index (χ0v) is 14.9. The van der Waals surface area contributed by atoms with E-state index in [0.717, 1.165) is 22.6 Å². The molecule has 0 atom stereocenters. The molecule has 8 heteroatoms. The Bertz CT molecular complexity index is 893. The SMILES string of the molecule is O=C(Cc1cc(Cl)c2c(c1)OCCCO2)NCc1cn2ccsc2n1. The Morgan fingerprint density at radius 3 is 3.12 bits per heavy atom. The minimum atomic E-state index is -0.0955. The topological polar surface area (TPSA) is 64.9 Å².